The second-order valence-electron chi connectivity index (χ2n) is 5.04. The number of nitrogens with two attached hydrogens (primary N) is 1. The molecule has 0 aromatic heterocycles. The van der Waals surface area contributed by atoms with Gasteiger partial charge in [-0.25, -0.2) is 8.78 Å². The number of aliphatic hydroxyl groups is 1. The molecular formula is C16H16ClF2NO. The van der Waals surface area contributed by atoms with E-state index in [1.54, 1.807) is 24.3 Å². The van der Waals surface area contributed by atoms with E-state index in [1.807, 2.05) is 0 Å². The molecule has 2 nitrogen and oxygen atoms in total. The molecule has 2 aromatic rings. The molecule has 0 amide bonds. The zero-order chi connectivity index (χ0) is 15.5. The molecule has 0 aliphatic heterocycles. The fourth-order valence-corrected chi connectivity index (χ4v) is 2.55. The summed E-state index contributed by atoms with van der Waals surface area (Å²) in [4.78, 5) is 0. The van der Waals surface area contributed by atoms with Crippen LogP contribution < -0.4 is 5.73 Å². The molecule has 112 valence electrons. The Morgan fingerprint density at radius 1 is 1.10 bits per heavy atom. The highest BCUT2D eigenvalue weighted by molar-refractivity contribution is 6.31. The van der Waals surface area contributed by atoms with Crippen molar-refractivity contribution in [3.05, 3.63) is 70.2 Å². The molecule has 21 heavy (non-hydrogen) atoms. The van der Waals surface area contributed by atoms with Crippen molar-refractivity contribution in [2.75, 3.05) is 13.2 Å². The molecule has 0 spiro atoms. The Morgan fingerprint density at radius 2 is 1.76 bits per heavy atom. The van der Waals surface area contributed by atoms with Crippen LogP contribution in [0.4, 0.5) is 8.78 Å². The van der Waals surface area contributed by atoms with Crippen LogP contribution in [-0.4, -0.2) is 18.3 Å². The average molecular weight is 312 g/mol. The molecule has 0 fully saturated rings. The largest absolute Gasteiger partial charge is 0.395 e. The van der Waals surface area contributed by atoms with E-state index in [0.717, 1.165) is 0 Å². The first-order valence-electron chi connectivity index (χ1n) is 6.52. The first-order valence-corrected chi connectivity index (χ1v) is 6.90. The Bertz CT molecular complexity index is 612. The van der Waals surface area contributed by atoms with Crippen LogP contribution in [0, 0.1) is 11.6 Å². The van der Waals surface area contributed by atoms with Crippen molar-refractivity contribution in [1.82, 2.24) is 0 Å². The maximum Gasteiger partial charge on any atom is 0.142 e. The summed E-state index contributed by atoms with van der Waals surface area (Å²) < 4.78 is 26.6. The lowest BCUT2D eigenvalue weighted by Gasteiger charge is -2.31. The monoisotopic (exact) mass is 311 g/mol. The van der Waals surface area contributed by atoms with Crippen molar-refractivity contribution in [3.63, 3.8) is 0 Å². The van der Waals surface area contributed by atoms with Crippen LogP contribution >= 0.6 is 11.6 Å². The molecular weight excluding hydrogens is 296 g/mol. The number of aliphatic hydroxyl groups excluding tert-OH is 1. The predicted molar refractivity (Wildman–Crippen MR) is 79.3 cm³/mol. The molecule has 0 bridgehead atoms. The molecule has 3 N–H and O–H groups in total. The van der Waals surface area contributed by atoms with Gasteiger partial charge in [0.2, 0.25) is 0 Å². The molecule has 1 unspecified atom stereocenters. The Kier molecular flexibility index (Phi) is 4.93. The van der Waals surface area contributed by atoms with E-state index in [0.29, 0.717) is 11.1 Å². The van der Waals surface area contributed by atoms with Gasteiger partial charge in [0.25, 0.3) is 0 Å². The van der Waals surface area contributed by atoms with Gasteiger partial charge in [0, 0.05) is 12.0 Å². The Balaban J connectivity index is 2.43. The summed E-state index contributed by atoms with van der Waals surface area (Å²) in [5.41, 5.74) is 6.25. The third kappa shape index (κ3) is 3.23. The van der Waals surface area contributed by atoms with Crippen LogP contribution in [0.5, 0.6) is 0 Å². The second-order valence-corrected chi connectivity index (χ2v) is 5.42. The standard InChI is InChI=1S/C16H16ClF2NO/c17-15-11(2-1-3-14(15)19)8-16(9-20,10-21)12-4-6-13(18)7-5-12/h1-7,21H,8-10,20H2. The van der Waals surface area contributed by atoms with Gasteiger partial charge in [0.15, 0.2) is 0 Å². The quantitative estimate of drug-likeness (QED) is 0.891. The lowest BCUT2D eigenvalue weighted by molar-refractivity contribution is 0.196. The van der Waals surface area contributed by atoms with Gasteiger partial charge in [0.1, 0.15) is 11.6 Å². The van der Waals surface area contributed by atoms with E-state index < -0.39 is 11.2 Å². The van der Waals surface area contributed by atoms with Gasteiger partial charge < -0.3 is 10.8 Å². The van der Waals surface area contributed by atoms with Gasteiger partial charge >= 0.3 is 0 Å². The molecule has 1 atom stereocenters. The fraction of sp³-hybridized carbons (Fsp3) is 0.250. The lowest BCUT2D eigenvalue weighted by atomic mass is 9.76. The minimum absolute atomic E-state index is 0.0193. The summed E-state index contributed by atoms with van der Waals surface area (Å²) in [7, 11) is 0. The van der Waals surface area contributed by atoms with Crippen molar-refractivity contribution in [2.24, 2.45) is 5.73 Å². The van der Waals surface area contributed by atoms with Crippen molar-refractivity contribution in [1.29, 1.82) is 0 Å². The van der Waals surface area contributed by atoms with E-state index in [1.165, 1.54) is 18.2 Å². The predicted octanol–water partition coefficient (Wildman–Crippen LogP) is 3.05. The lowest BCUT2D eigenvalue weighted by Crippen LogP contribution is -2.41. The minimum atomic E-state index is -0.828. The summed E-state index contributed by atoms with van der Waals surface area (Å²) in [6.45, 7) is -0.121. The van der Waals surface area contributed by atoms with Gasteiger partial charge in [0.05, 0.1) is 11.6 Å². The maximum absolute atomic E-state index is 13.5. The van der Waals surface area contributed by atoms with Crippen molar-refractivity contribution in [3.8, 4) is 0 Å². The third-order valence-corrected chi connectivity index (χ3v) is 4.13. The number of rotatable bonds is 5. The van der Waals surface area contributed by atoms with E-state index in [4.69, 9.17) is 17.3 Å². The minimum Gasteiger partial charge on any atom is -0.395 e. The molecule has 0 aliphatic rings. The molecule has 2 rings (SSSR count). The Morgan fingerprint density at radius 3 is 2.33 bits per heavy atom. The smallest absolute Gasteiger partial charge is 0.142 e. The summed E-state index contributed by atoms with van der Waals surface area (Å²) in [6, 6.07) is 10.3. The molecule has 5 heteroatoms. The normalized spacial score (nSPS) is 14.0. The zero-order valence-corrected chi connectivity index (χ0v) is 12.1. The van der Waals surface area contributed by atoms with Gasteiger partial charge in [-0.3, -0.25) is 0 Å². The van der Waals surface area contributed by atoms with E-state index in [2.05, 4.69) is 0 Å². The van der Waals surface area contributed by atoms with Crippen LogP contribution in [-0.2, 0) is 11.8 Å². The number of hydrogen-bond donors (Lipinski definition) is 2. The highest BCUT2D eigenvalue weighted by Crippen LogP contribution is 2.31. The zero-order valence-electron chi connectivity index (χ0n) is 11.3. The second kappa shape index (κ2) is 6.52. The van der Waals surface area contributed by atoms with Crippen molar-refractivity contribution < 1.29 is 13.9 Å². The van der Waals surface area contributed by atoms with Gasteiger partial charge in [-0.15, -0.1) is 0 Å². The van der Waals surface area contributed by atoms with Gasteiger partial charge in [-0.05, 0) is 35.7 Å². The molecule has 0 saturated heterocycles. The van der Waals surface area contributed by atoms with E-state index in [-0.39, 0.29) is 30.4 Å². The molecule has 0 radical (unpaired) electrons. The van der Waals surface area contributed by atoms with Crippen LogP contribution in [0.2, 0.25) is 5.02 Å². The van der Waals surface area contributed by atoms with Crippen LogP contribution in [0.15, 0.2) is 42.5 Å². The topological polar surface area (TPSA) is 46.2 Å². The average Bonchev–Trinajstić information content (AvgIpc) is 2.50. The molecule has 2 aromatic carbocycles. The molecule has 0 saturated carbocycles. The Hall–Kier alpha value is -1.49. The highest BCUT2D eigenvalue weighted by Gasteiger charge is 2.31. The number of halogens is 3. The highest BCUT2D eigenvalue weighted by atomic mass is 35.5. The first kappa shape index (κ1) is 15.9. The summed E-state index contributed by atoms with van der Waals surface area (Å²) >= 11 is 5.97. The maximum atomic E-state index is 13.5. The Labute approximate surface area is 127 Å². The molecule has 0 heterocycles. The summed E-state index contributed by atoms with van der Waals surface area (Å²) in [6.07, 6.45) is 0.266. The van der Waals surface area contributed by atoms with Crippen molar-refractivity contribution in [2.45, 2.75) is 11.8 Å². The van der Waals surface area contributed by atoms with E-state index in [9.17, 15) is 13.9 Å². The van der Waals surface area contributed by atoms with Crippen LogP contribution in [0.3, 0.4) is 0 Å². The van der Waals surface area contributed by atoms with Gasteiger partial charge in [-0.2, -0.15) is 0 Å². The van der Waals surface area contributed by atoms with E-state index >= 15 is 0 Å². The van der Waals surface area contributed by atoms with Crippen LogP contribution in [0.1, 0.15) is 11.1 Å². The van der Waals surface area contributed by atoms with Crippen molar-refractivity contribution >= 4 is 11.6 Å². The number of benzene rings is 2. The summed E-state index contributed by atoms with van der Waals surface area (Å²) in [5, 5.41) is 9.83. The number of hydrogen-bond acceptors (Lipinski definition) is 2. The molecule has 0 aliphatic carbocycles. The summed E-state index contributed by atoms with van der Waals surface area (Å²) in [5.74, 6) is -0.886. The third-order valence-electron chi connectivity index (χ3n) is 3.71. The van der Waals surface area contributed by atoms with Gasteiger partial charge in [-0.1, -0.05) is 35.9 Å². The van der Waals surface area contributed by atoms with Crippen LogP contribution in [0.25, 0.3) is 0 Å². The fourth-order valence-electron chi connectivity index (χ4n) is 2.36. The first-order chi connectivity index (χ1) is 10.0. The SMILES string of the molecule is NCC(CO)(Cc1cccc(F)c1Cl)c1ccc(F)cc1.